The monoisotopic (exact) mass is 437 g/mol. The van der Waals surface area contributed by atoms with Crippen LogP contribution in [0.15, 0.2) is 121 Å². The van der Waals surface area contributed by atoms with Crippen LogP contribution >= 0.6 is 0 Å². The maximum absolute atomic E-state index is 2.36. The van der Waals surface area contributed by atoms with Crippen molar-refractivity contribution < 1.29 is 0 Å². The van der Waals surface area contributed by atoms with Crippen LogP contribution in [0.2, 0.25) is 0 Å². The predicted octanol–water partition coefficient (Wildman–Crippen LogP) is 8.96. The summed E-state index contributed by atoms with van der Waals surface area (Å²) in [6, 6.07) is 44.1. The Hall–Kier alpha value is -4.10. The summed E-state index contributed by atoms with van der Waals surface area (Å²) in [5.74, 6) is 0. The van der Waals surface area contributed by atoms with Gasteiger partial charge in [0.25, 0.3) is 0 Å². The second-order valence-corrected chi connectivity index (χ2v) is 8.95. The average molecular weight is 438 g/mol. The Labute approximate surface area is 202 Å². The first-order chi connectivity index (χ1) is 16.8. The normalized spacial score (nSPS) is 11.7. The van der Waals surface area contributed by atoms with Crippen molar-refractivity contribution >= 4 is 17.1 Å². The van der Waals surface area contributed by atoms with Crippen LogP contribution in [0.4, 0.5) is 17.1 Å². The number of hydrogen-bond acceptors (Lipinski definition) is 1. The van der Waals surface area contributed by atoms with Gasteiger partial charge in [-0.25, -0.2) is 0 Å². The van der Waals surface area contributed by atoms with Gasteiger partial charge in [0, 0.05) is 17.1 Å². The molecular formula is C33H27N. The SMILES string of the molecule is CCc1cccc(N(c2ccccc2)c2ccc(-c3ccc4c(c3)-c3ccccc3C4)cc2)c1. The zero-order valence-corrected chi connectivity index (χ0v) is 19.4. The van der Waals surface area contributed by atoms with E-state index in [2.05, 4.69) is 133 Å². The molecule has 1 aliphatic carbocycles. The van der Waals surface area contributed by atoms with Crippen LogP contribution in [0.25, 0.3) is 22.3 Å². The summed E-state index contributed by atoms with van der Waals surface area (Å²) < 4.78 is 0. The van der Waals surface area contributed by atoms with Gasteiger partial charge in [-0.2, -0.15) is 0 Å². The van der Waals surface area contributed by atoms with Gasteiger partial charge >= 0.3 is 0 Å². The highest BCUT2D eigenvalue weighted by atomic mass is 15.1. The topological polar surface area (TPSA) is 3.24 Å². The Kier molecular flexibility index (Phi) is 5.24. The van der Waals surface area contributed by atoms with E-state index in [0.29, 0.717) is 0 Å². The van der Waals surface area contributed by atoms with E-state index >= 15 is 0 Å². The highest BCUT2D eigenvalue weighted by Crippen LogP contribution is 2.40. The standard InChI is InChI=1S/C33H27N/c1-2-24-9-8-13-31(21-24)34(29-11-4-3-5-12-29)30-19-17-25(18-20-30)26-15-16-28-22-27-10-6-7-14-32(27)33(28)23-26/h3-21,23H,2,22H2,1H3. The minimum atomic E-state index is 1.02. The number of benzene rings is 5. The molecule has 0 bridgehead atoms. The number of aryl methyl sites for hydroxylation is 1. The lowest BCUT2D eigenvalue weighted by Gasteiger charge is -2.26. The molecule has 0 aromatic heterocycles. The van der Waals surface area contributed by atoms with Crippen LogP contribution in [-0.4, -0.2) is 0 Å². The molecule has 164 valence electrons. The molecule has 0 N–H and O–H groups in total. The van der Waals surface area contributed by atoms with E-state index in [9.17, 15) is 0 Å². The van der Waals surface area contributed by atoms with Crippen LogP contribution in [0.5, 0.6) is 0 Å². The molecule has 0 aliphatic heterocycles. The molecule has 1 aliphatic rings. The third-order valence-electron chi connectivity index (χ3n) is 6.85. The molecule has 1 nitrogen and oxygen atoms in total. The van der Waals surface area contributed by atoms with Crippen molar-refractivity contribution in [3.63, 3.8) is 0 Å². The maximum Gasteiger partial charge on any atom is 0.0464 e. The Bertz CT molecular complexity index is 1450. The van der Waals surface area contributed by atoms with Crippen molar-refractivity contribution in [3.8, 4) is 22.3 Å². The average Bonchev–Trinajstić information content (AvgIpc) is 3.28. The molecule has 0 saturated carbocycles. The number of fused-ring (bicyclic) bond motifs is 3. The zero-order chi connectivity index (χ0) is 22.9. The number of anilines is 3. The molecule has 0 amide bonds. The molecule has 6 rings (SSSR count). The predicted molar refractivity (Wildman–Crippen MR) is 144 cm³/mol. The first kappa shape index (κ1) is 20.5. The lowest BCUT2D eigenvalue weighted by atomic mass is 9.98. The van der Waals surface area contributed by atoms with E-state index in [1.165, 1.54) is 44.6 Å². The van der Waals surface area contributed by atoms with Crippen molar-refractivity contribution in [2.75, 3.05) is 4.90 Å². The molecule has 34 heavy (non-hydrogen) atoms. The van der Waals surface area contributed by atoms with Gasteiger partial charge in [0.1, 0.15) is 0 Å². The van der Waals surface area contributed by atoms with Gasteiger partial charge < -0.3 is 4.90 Å². The molecular weight excluding hydrogens is 410 g/mol. The Morgan fingerprint density at radius 3 is 2.03 bits per heavy atom. The summed E-state index contributed by atoms with van der Waals surface area (Å²) in [5.41, 5.74) is 13.0. The minimum absolute atomic E-state index is 1.02. The molecule has 0 unspecified atom stereocenters. The second kappa shape index (κ2) is 8.68. The lowest BCUT2D eigenvalue weighted by molar-refractivity contribution is 1.13. The smallest absolute Gasteiger partial charge is 0.0464 e. The largest absolute Gasteiger partial charge is 0.310 e. The highest BCUT2D eigenvalue weighted by Gasteiger charge is 2.18. The van der Waals surface area contributed by atoms with Crippen molar-refractivity contribution in [1.29, 1.82) is 0 Å². The quantitative estimate of drug-likeness (QED) is 0.260. The van der Waals surface area contributed by atoms with Crippen LogP contribution in [0.3, 0.4) is 0 Å². The zero-order valence-electron chi connectivity index (χ0n) is 19.4. The van der Waals surface area contributed by atoms with Gasteiger partial charge in [0.2, 0.25) is 0 Å². The van der Waals surface area contributed by atoms with E-state index in [1.807, 2.05) is 0 Å². The van der Waals surface area contributed by atoms with Gasteiger partial charge in [-0.05, 0) is 94.3 Å². The van der Waals surface area contributed by atoms with Crippen molar-refractivity contribution in [2.24, 2.45) is 0 Å². The van der Waals surface area contributed by atoms with Crippen LogP contribution in [0, 0.1) is 0 Å². The third-order valence-corrected chi connectivity index (χ3v) is 6.85. The van der Waals surface area contributed by atoms with Gasteiger partial charge in [0.05, 0.1) is 0 Å². The fraction of sp³-hybridized carbons (Fsp3) is 0.0909. The molecule has 0 atom stereocenters. The van der Waals surface area contributed by atoms with Crippen molar-refractivity contribution in [3.05, 3.63) is 138 Å². The minimum Gasteiger partial charge on any atom is -0.310 e. The van der Waals surface area contributed by atoms with E-state index in [4.69, 9.17) is 0 Å². The third kappa shape index (κ3) is 3.70. The molecule has 5 aromatic carbocycles. The van der Waals surface area contributed by atoms with Crippen LogP contribution in [-0.2, 0) is 12.8 Å². The molecule has 0 saturated heterocycles. The number of para-hydroxylation sites is 1. The van der Waals surface area contributed by atoms with E-state index in [-0.39, 0.29) is 0 Å². The summed E-state index contributed by atoms with van der Waals surface area (Å²) in [6.07, 6.45) is 2.06. The van der Waals surface area contributed by atoms with Gasteiger partial charge in [0.15, 0.2) is 0 Å². The molecule has 1 heteroatoms. The summed E-state index contributed by atoms with van der Waals surface area (Å²) >= 11 is 0. The molecule has 0 radical (unpaired) electrons. The highest BCUT2D eigenvalue weighted by molar-refractivity contribution is 5.83. The number of nitrogens with zero attached hydrogens (tertiary/aromatic N) is 1. The Balaban J connectivity index is 1.38. The fourth-order valence-electron chi connectivity index (χ4n) is 5.05. The van der Waals surface area contributed by atoms with Gasteiger partial charge in [-0.1, -0.05) is 85.8 Å². The second-order valence-electron chi connectivity index (χ2n) is 8.95. The summed E-state index contributed by atoms with van der Waals surface area (Å²) in [7, 11) is 0. The lowest BCUT2D eigenvalue weighted by Crippen LogP contribution is -2.10. The van der Waals surface area contributed by atoms with Crippen LogP contribution < -0.4 is 4.90 Å². The summed E-state index contributed by atoms with van der Waals surface area (Å²) in [6.45, 7) is 2.20. The van der Waals surface area contributed by atoms with E-state index in [0.717, 1.165) is 24.2 Å². The van der Waals surface area contributed by atoms with Crippen molar-refractivity contribution in [1.82, 2.24) is 0 Å². The number of hydrogen-bond donors (Lipinski definition) is 0. The molecule has 5 aromatic rings. The summed E-state index contributed by atoms with van der Waals surface area (Å²) in [4.78, 5) is 2.34. The fourth-order valence-corrected chi connectivity index (χ4v) is 5.05. The maximum atomic E-state index is 2.36. The Morgan fingerprint density at radius 1 is 0.529 bits per heavy atom. The Morgan fingerprint density at radius 2 is 1.21 bits per heavy atom. The van der Waals surface area contributed by atoms with Crippen molar-refractivity contribution in [2.45, 2.75) is 19.8 Å². The molecule has 0 fully saturated rings. The van der Waals surface area contributed by atoms with Crippen LogP contribution in [0.1, 0.15) is 23.6 Å². The van der Waals surface area contributed by atoms with Gasteiger partial charge in [-0.15, -0.1) is 0 Å². The van der Waals surface area contributed by atoms with E-state index < -0.39 is 0 Å². The number of rotatable bonds is 5. The first-order valence-electron chi connectivity index (χ1n) is 12.1. The summed E-state index contributed by atoms with van der Waals surface area (Å²) in [5, 5.41) is 0. The first-order valence-corrected chi connectivity index (χ1v) is 12.1. The molecule has 0 spiro atoms. The van der Waals surface area contributed by atoms with E-state index in [1.54, 1.807) is 0 Å². The molecule has 0 heterocycles. The van der Waals surface area contributed by atoms with Gasteiger partial charge in [-0.3, -0.25) is 0 Å².